The highest BCUT2D eigenvalue weighted by Crippen LogP contribution is 2.28. The SMILES string of the molecule is CC(O)C#Cc1ccc2c(n1)N(C)C(=O)[C@@H](NC(=O)c1cc(Oc3ccccc3)ccn1)CO2. The maximum Gasteiger partial charge on any atom is 0.270 e. The number of nitrogens with one attached hydrogen (secondary N) is 1. The number of carbonyl (C=O) groups is 2. The van der Waals surface area contributed by atoms with Gasteiger partial charge in [-0.1, -0.05) is 24.1 Å². The quantitative estimate of drug-likeness (QED) is 0.576. The molecule has 4 rings (SSSR count). The highest BCUT2D eigenvalue weighted by Gasteiger charge is 2.32. The van der Waals surface area contributed by atoms with Gasteiger partial charge in [0.1, 0.15) is 41.6 Å². The van der Waals surface area contributed by atoms with Crippen LogP contribution >= 0.6 is 0 Å². The van der Waals surface area contributed by atoms with Crippen molar-refractivity contribution >= 4 is 17.6 Å². The number of rotatable bonds is 4. The van der Waals surface area contributed by atoms with Crippen LogP contribution in [-0.4, -0.2) is 52.7 Å². The summed E-state index contributed by atoms with van der Waals surface area (Å²) in [4.78, 5) is 35.6. The van der Waals surface area contributed by atoms with E-state index in [0.29, 0.717) is 22.9 Å². The minimum absolute atomic E-state index is 0.0809. The van der Waals surface area contributed by atoms with E-state index in [9.17, 15) is 14.7 Å². The number of aliphatic hydroxyl groups excluding tert-OH is 1. The van der Waals surface area contributed by atoms with Crippen molar-refractivity contribution in [3.63, 3.8) is 0 Å². The van der Waals surface area contributed by atoms with Crippen molar-refractivity contribution < 1.29 is 24.2 Å². The molecule has 0 bridgehead atoms. The lowest BCUT2D eigenvalue weighted by atomic mass is 10.2. The third-order valence-corrected chi connectivity index (χ3v) is 4.85. The normalized spacial score (nSPS) is 15.7. The fraction of sp³-hybridized carbons (Fsp3) is 0.200. The third-order valence-electron chi connectivity index (χ3n) is 4.85. The van der Waals surface area contributed by atoms with E-state index < -0.39 is 24.0 Å². The molecule has 2 atom stereocenters. The molecule has 0 fully saturated rings. The zero-order valence-corrected chi connectivity index (χ0v) is 18.6. The van der Waals surface area contributed by atoms with E-state index in [-0.39, 0.29) is 18.1 Å². The zero-order chi connectivity index (χ0) is 24.1. The number of ether oxygens (including phenoxy) is 2. The lowest BCUT2D eigenvalue weighted by Gasteiger charge is -2.19. The molecule has 9 heteroatoms. The van der Waals surface area contributed by atoms with E-state index in [2.05, 4.69) is 27.1 Å². The first-order valence-corrected chi connectivity index (χ1v) is 10.5. The molecule has 1 aliphatic heterocycles. The van der Waals surface area contributed by atoms with E-state index in [0.717, 1.165) is 0 Å². The number of benzene rings is 1. The average Bonchev–Trinajstić information content (AvgIpc) is 2.95. The van der Waals surface area contributed by atoms with Crippen molar-refractivity contribution in [3.8, 4) is 29.1 Å². The maximum atomic E-state index is 13.0. The molecule has 0 aliphatic carbocycles. The molecule has 9 nitrogen and oxygen atoms in total. The van der Waals surface area contributed by atoms with Gasteiger partial charge in [0.2, 0.25) is 0 Å². The summed E-state index contributed by atoms with van der Waals surface area (Å²) in [6.45, 7) is 1.46. The van der Waals surface area contributed by atoms with Crippen molar-refractivity contribution in [1.29, 1.82) is 0 Å². The number of fused-ring (bicyclic) bond motifs is 1. The van der Waals surface area contributed by atoms with Gasteiger partial charge in [0.25, 0.3) is 11.8 Å². The summed E-state index contributed by atoms with van der Waals surface area (Å²) in [6, 6.07) is 14.6. The second-order valence-electron chi connectivity index (χ2n) is 7.49. The Kier molecular flexibility index (Phi) is 6.71. The summed E-state index contributed by atoms with van der Waals surface area (Å²) in [7, 11) is 1.54. The fourth-order valence-electron chi connectivity index (χ4n) is 3.18. The predicted octanol–water partition coefficient (Wildman–Crippen LogP) is 2.16. The van der Waals surface area contributed by atoms with Crippen LogP contribution in [0.5, 0.6) is 17.2 Å². The molecule has 1 unspecified atom stereocenters. The molecular formula is C25H22N4O5. The Bertz CT molecular complexity index is 1270. The highest BCUT2D eigenvalue weighted by molar-refractivity contribution is 6.02. The molecule has 0 spiro atoms. The van der Waals surface area contributed by atoms with Crippen molar-refractivity contribution in [2.75, 3.05) is 18.6 Å². The van der Waals surface area contributed by atoms with E-state index in [4.69, 9.17) is 9.47 Å². The van der Waals surface area contributed by atoms with E-state index in [1.54, 1.807) is 44.3 Å². The number of nitrogens with zero attached hydrogens (tertiary/aromatic N) is 3. The number of hydrogen-bond acceptors (Lipinski definition) is 7. The molecule has 2 aromatic heterocycles. The minimum atomic E-state index is -0.959. The monoisotopic (exact) mass is 458 g/mol. The van der Waals surface area contributed by atoms with Gasteiger partial charge in [-0.25, -0.2) is 4.98 Å². The number of hydrogen-bond donors (Lipinski definition) is 2. The topological polar surface area (TPSA) is 114 Å². The number of para-hydroxylation sites is 1. The zero-order valence-electron chi connectivity index (χ0n) is 18.6. The second-order valence-corrected chi connectivity index (χ2v) is 7.49. The van der Waals surface area contributed by atoms with E-state index in [1.807, 2.05) is 18.2 Å². The molecule has 3 aromatic rings. The number of likely N-dealkylation sites (N-methyl/N-ethyl adjacent to an activating group) is 1. The van der Waals surface area contributed by atoms with E-state index >= 15 is 0 Å². The molecular weight excluding hydrogens is 436 g/mol. The van der Waals surface area contributed by atoms with Crippen LogP contribution < -0.4 is 19.7 Å². The number of pyridine rings is 2. The van der Waals surface area contributed by atoms with Gasteiger partial charge in [-0.2, -0.15) is 0 Å². The largest absolute Gasteiger partial charge is 0.487 e. The van der Waals surface area contributed by atoms with Gasteiger partial charge in [0.15, 0.2) is 11.6 Å². The van der Waals surface area contributed by atoms with Crippen LogP contribution in [0.25, 0.3) is 0 Å². The summed E-state index contributed by atoms with van der Waals surface area (Å²) in [5.41, 5.74) is 0.476. The molecule has 0 saturated heterocycles. The lowest BCUT2D eigenvalue weighted by Crippen LogP contribution is -2.49. The molecule has 3 heterocycles. The number of amides is 2. The first-order chi connectivity index (χ1) is 16.4. The van der Waals surface area contributed by atoms with Crippen molar-refractivity contribution in [3.05, 3.63) is 72.2 Å². The molecule has 34 heavy (non-hydrogen) atoms. The molecule has 2 amide bonds. The van der Waals surface area contributed by atoms with Gasteiger partial charge in [0.05, 0.1) is 0 Å². The molecule has 1 aromatic carbocycles. The van der Waals surface area contributed by atoms with Crippen molar-refractivity contribution in [1.82, 2.24) is 15.3 Å². The Morgan fingerprint density at radius 3 is 2.79 bits per heavy atom. The Labute approximate surface area is 196 Å². The van der Waals surface area contributed by atoms with Crippen molar-refractivity contribution in [2.24, 2.45) is 0 Å². The van der Waals surface area contributed by atoms with Crippen LogP contribution in [0.1, 0.15) is 23.1 Å². The van der Waals surface area contributed by atoms with Crippen LogP contribution in [0.3, 0.4) is 0 Å². The molecule has 0 radical (unpaired) electrons. The van der Waals surface area contributed by atoms with E-state index in [1.165, 1.54) is 17.2 Å². The number of anilines is 1. The van der Waals surface area contributed by atoms with Gasteiger partial charge in [-0.05, 0) is 43.2 Å². The van der Waals surface area contributed by atoms with Crippen LogP contribution in [0.4, 0.5) is 5.82 Å². The highest BCUT2D eigenvalue weighted by atomic mass is 16.5. The standard InChI is InChI=1S/C25H22N4O5/c1-16(30)8-9-17-10-11-22-23(27-17)29(2)25(32)21(15-33-22)28-24(31)20-14-19(12-13-26-20)34-18-6-4-3-5-7-18/h3-7,10-14,16,21,30H,15H2,1-2H3,(H,28,31)/t16?,21-/m0/s1. The van der Waals surface area contributed by atoms with Gasteiger partial charge in [-0.3, -0.25) is 19.5 Å². The van der Waals surface area contributed by atoms with Crippen LogP contribution in [0.15, 0.2) is 60.8 Å². The predicted molar refractivity (Wildman–Crippen MR) is 124 cm³/mol. The van der Waals surface area contributed by atoms with Gasteiger partial charge >= 0.3 is 0 Å². The smallest absolute Gasteiger partial charge is 0.270 e. The third kappa shape index (κ3) is 5.31. The summed E-state index contributed by atoms with van der Waals surface area (Å²) < 4.78 is 11.5. The van der Waals surface area contributed by atoms with Crippen molar-refractivity contribution in [2.45, 2.75) is 19.1 Å². The van der Waals surface area contributed by atoms with Gasteiger partial charge in [0, 0.05) is 19.3 Å². The number of aromatic nitrogens is 2. The number of carbonyl (C=O) groups excluding carboxylic acids is 2. The first-order valence-electron chi connectivity index (χ1n) is 10.5. The summed E-state index contributed by atoms with van der Waals surface area (Å²) in [5, 5.41) is 12.0. The second kappa shape index (κ2) is 10.0. The fourth-order valence-corrected chi connectivity index (χ4v) is 3.18. The lowest BCUT2D eigenvalue weighted by molar-refractivity contribution is -0.120. The van der Waals surface area contributed by atoms with Gasteiger partial charge in [-0.15, -0.1) is 0 Å². The average molecular weight is 458 g/mol. The summed E-state index contributed by atoms with van der Waals surface area (Å²) >= 11 is 0. The van der Waals surface area contributed by atoms with Crippen LogP contribution in [0, 0.1) is 11.8 Å². The Morgan fingerprint density at radius 1 is 1.24 bits per heavy atom. The molecule has 0 saturated carbocycles. The molecule has 172 valence electrons. The molecule has 2 N–H and O–H groups in total. The first kappa shape index (κ1) is 22.8. The molecule has 1 aliphatic rings. The minimum Gasteiger partial charge on any atom is -0.487 e. The van der Waals surface area contributed by atoms with Crippen LogP contribution in [-0.2, 0) is 4.79 Å². The maximum absolute atomic E-state index is 13.0. The Balaban J connectivity index is 1.48. The Hall–Kier alpha value is -4.42. The van der Waals surface area contributed by atoms with Crippen LogP contribution in [0.2, 0.25) is 0 Å². The van der Waals surface area contributed by atoms with Gasteiger partial charge < -0.3 is 19.9 Å². The summed E-state index contributed by atoms with van der Waals surface area (Å²) in [5.74, 6) is 6.12. The Morgan fingerprint density at radius 2 is 2.03 bits per heavy atom. The summed E-state index contributed by atoms with van der Waals surface area (Å²) in [6.07, 6.45) is 0.654. The number of aliphatic hydroxyl groups is 1.